The molecule has 0 saturated carbocycles. The van der Waals surface area contributed by atoms with Crippen molar-refractivity contribution in [2.45, 2.75) is 18.9 Å². The highest BCUT2D eigenvalue weighted by molar-refractivity contribution is 5.62. The van der Waals surface area contributed by atoms with E-state index in [0.29, 0.717) is 22.3 Å². The van der Waals surface area contributed by atoms with Gasteiger partial charge in [-0.05, 0) is 30.3 Å². The zero-order valence-electron chi connectivity index (χ0n) is 16.3. The standard InChI is InChI=1S/C20H14F6N4O2/c1-31-16-5-3-2-4-14(16)18-28-17(29-32-18)10-30(11-19(21,22)23)13-7-6-12(9-27)15(8-13)20(24,25)26/h2-8H,10-11H2,1H3. The fourth-order valence-corrected chi connectivity index (χ4v) is 2.94. The predicted molar refractivity (Wildman–Crippen MR) is 99.6 cm³/mol. The van der Waals surface area contributed by atoms with E-state index in [1.165, 1.54) is 13.2 Å². The van der Waals surface area contributed by atoms with Crippen molar-refractivity contribution in [1.29, 1.82) is 5.26 Å². The van der Waals surface area contributed by atoms with Crippen molar-refractivity contribution in [1.82, 2.24) is 10.1 Å². The minimum atomic E-state index is -4.92. The molecule has 0 N–H and O–H groups in total. The molecule has 32 heavy (non-hydrogen) atoms. The van der Waals surface area contributed by atoms with Gasteiger partial charge in [-0.2, -0.15) is 36.6 Å². The van der Waals surface area contributed by atoms with Gasteiger partial charge < -0.3 is 14.2 Å². The SMILES string of the molecule is COc1ccccc1-c1nc(CN(CC(F)(F)F)c2ccc(C#N)c(C(F)(F)F)c2)no1. The average molecular weight is 456 g/mol. The number of ether oxygens (including phenoxy) is 1. The Hall–Kier alpha value is -3.75. The first-order valence-corrected chi connectivity index (χ1v) is 8.91. The van der Waals surface area contributed by atoms with E-state index < -0.39 is 42.3 Å². The van der Waals surface area contributed by atoms with Gasteiger partial charge in [-0.1, -0.05) is 17.3 Å². The van der Waals surface area contributed by atoms with Crippen LogP contribution in [0.3, 0.4) is 0 Å². The first-order valence-electron chi connectivity index (χ1n) is 8.91. The number of nitrogens with zero attached hydrogens (tertiary/aromatic N) is 4. The van der Waals surface area contributed by atoms with Crippen molar-refractivity contribution in [3.8, 4) is 23.3 Å². The molecule has 3 aromatic rings. The lowest BCUT2D eigenvalue weighted by molar-refractivity contribution is -0.137. The lowest BCUT2D eigenvalue weighted by atomic mass is 10.1. The largest absolute Gasteiger partial charge is 0.496 e. The van der Waals surface area contributed by atoms with E-state index in [9.17, 15) is 26.3 Å². The van der Waals surface area contributed by atoms with Crippen molar-refractivity contribution >= 4 is 5.69 Å². The monoisotopic (exact) mass is 456 g/mol. The molecule has 0 atom stereocenters. The number of anilines is 1. The van der Waals surface area contributed by atoms with Crippen molar-refractivity contribution in [2.24, 2.45) is 0 Å². The van der Waals surface area contributed by atoms with Crippen LogP contribution in [0.1, 0.15) is 17.0 Å². The Labute approximate surface area is 177 Å². The Morgan fingerprint density at radius 3 is 2.44 bits per heavy atom. The lowest BCUT2D eigenvalue weighted by Gasteiger charge is -2.25. The molecule has 0 spiro atoms. The van der Waals surface area contributed by atoms with E-state index in [1.807, 2.05) is 0 Å². The summed E-state index contributed by atoms with van der Waals surface area (Å²) in [6.45, 7) is -2.17. The third-order valence-electron chi connectivity index (χ3n) is 4.30. The number of aromatic nitrogens is 2. The fourth-order valence-electron chi connectivity index (χ4n) is 2.94. The van der Waals surface area contributed by atoms with Crippen molar-refractivity contribution in [2.75, 3.05) is 18.6 Å². The van der Waals surface area contributed by atoms with Crippen LogP contribution >= 0.6 is 0 Å². The van der Waals surface area contributed by atoms with Crippen molar-refractivity contribution in [3.05, 3.63) is 59.4 Å². The topological polar surface area (TPSA) is 75.2 Å². The molecule has 6 nitrogen and oxygen atoms in total. The van der Waals surface area contributed by atoms with Gasteiger partial charge in [0.1, 0.15) is 12.3 Å². The number of hydrogen-bond acceptors (Lipinski definition) is 6. The molecular formula is C20H14F6N4O2. The Morgan fingerprint density at radius 1 is 1.09 bits per heavy atom. The highest BCUT2D eigenvalue weighted by Gasteiger charge is 2.36. The van der Waals surface area contributed by atoms with Gasteiger partial charge in [0.05, 0.1) is 36.4 Å². The second-order valence-corrected chi connectivity index (χ2v) is 6.53. The van der Waals surface area contributed by atoms with Crippen molar-refractivity contribution in [3.63, 3.8) is 0 Å². The second kappa shape index (κ2) is 8.78. The summed E-state index contributed by atoms with van der Waals surface area (Å²) in [6, 6.07) is 10.3. The zero-order chi connectivity index (χ0) is 23.5. The van der Waals surface area contributed by atoms with Crippen LogP contribution in [0, 0.1) is 11.3 Å². The summed E-state index contributed by atoms with van der Waals surface area (Å²) in [7, 11) is 1.41. The zero-order valence-corrected chi connectivity index (χ0v) is 16.3. The van der Waals surface area contributed by atoms with Crippen LogP contribution in [0.15, 0.2) is 47.0 Å². The van der Waals surface area contributed by atoms with Gasteiger partial charge in [-0.3, -0.25) is 0 Å². The van der Waals surface area contributed by atoms with Crippen LogP contribution in [0.2, 0.25) is 0 Å². The quantitative estimate of drug-likeness (QED) is 0.475. The molecule has 1 heterocycles. The maximum Gasteiger partial charge on any atom is 0.417 e. The predicted octanol–water partition coefficient (Wildman–Crippen LogP) is 5.20. The fraction of sp³-hybridized carbons (Fsp3) is 0.250. The van der Waals surface area contributed by atoms with Gasteiger partial charge in [0, 0.05) is 5.69 Å². The lowest BCUT2D eigenvalue weighted by Crippen LogP contribution is -2.34. The normalized spacial score (nSPS) is 11.8. The van der Waals surface area contributed by atoms with E-state index in [2.05, 4.69) is 10.1 Å². The number of halogens is 6. The molecule has 168 valence electrons. The van der Waals surface area contributed by atoms with Crippen LogP contribution in [0.25, 0.3) is 11.5 Å². The molecule has 0 fully saturated rings. The third-order valence-corrected chi connectivity index (χ3v) is 4.30. The van der Waals surface area contributed by atoms with E-state index in [0.717, 1.165) is 12.1 Å². The summed E-state index contributed by atoms with van der Waals surface area (Å²) >= 11 is 0. The summed E-state index contributed by atoms with van der Waals surface area (Å²) in [5.41, 5.74) is -2.05. The summed E-state index contributed by atoms with van der Waals surface area (Å²) in [5, 5.41) is 12.5. The number of alkyl halides is 6. The van der Waals surface area contributed by atoms with Gasteiger partial charge in [0.15, 0.2) is 5.82 Å². The van der Waals surface area contributed by atoms with Gasteiger partial charge in [-0.25, -0.2) is 0 Å². The number of rotatable bonds is 6. The van der Waals surface area contributed by atoms with Crippen LogP contribution < -0.4 is 9.64 Å². The van der Waals surface area contributed by atoms with E-state index in [4.69, 9.17) is 14.5 Å². The molecule has 0 bridgehead atoms. The molecule has 0 aliphatic carbocycles. The van der Waals surface area contributed by atoms with Gasteiger partial charge in [0.2, 0.25) is 0 Å². The van der Waals surface area contributed by atoms with Crippen LogP contribution in [-0.2, 0) is 12.7 Å². The van der Waals surface area contributed by atoms with Crippen LogP contribution in [0.4, 0.5) is 32.0 Å². The van der Waals surface area contributed by atoms with Gasteiger partial charge >= 0.3 is 12.4 Å². The molecule has 0 aliphatic rings. The van der Waals surface area contributed by atoms with Gasteiger partial charge in [-0.15, -0.1) is 0 Å². The molecule has 12 heteroatoms. The Balaban J connectivity index is 1.97. The molecule has 0 saturated heterocycles. The Bertz CT molecular complexity index is 1130. The number of methoxy groups -OCH3 is 1. The summed E-state index contributed by atoms with van der Waals surface area (Å²) in [5.74, 6) is 0.171. The second-order valence-electron chi connectivity index (χ2n) is 6.53. The number of para-hydroxylation sites is 1. The first kappa shape index (κ1) is 22.9. The number of benzene rings is 2. The summed E-state index contributed by atoms with van der Waals surface area (Å²) < 4.78 is 89.5. The molecule has 2 aromatic carbocycles. The minimum Gasteiger partial charge on any atom is -0.496 e. The molecule has 3 rings (SSSR count). The third kappa shape index (κ3) is 5.29. The smallest absolute Gasteiger partial charge is 0.417 e. The van der Waals surface area contributed by atoms with Gasteiger partial charge in [0.25, 0.3) is 5.89 Å². The maximum absolute atomic E-state index is 13.3. The van der Waals surface area contributed by atoms with Crippen molar-refractivity contribution < 1.29 is 35.6 Å². The molecule has 0 unspecified atom stereocenters. The molecule has 1 aromatic heterocycles. The van der Waals surface area contributed by atoms with Crippen LogP contribution in [0.5, 0.6) is 5.75 Å². The molecule has 0 radical (unpaired) electrons. The average Bonchev–Trinajstić information content (AvgIpc) is 3.19. The molecule has 0 amide bonds. The van der Waals surface area contributed by atoms with E-state index >= 15 is 0 Å². The summed E-state index contributed by atoms with van der Waals surface area (Å²) in [6.07, 6.45) is -9.66. The van der Waals surface area contributed by atoms with E-state index in [1.54, 1.807) is 24.3 Å². The molecule has 0 aliphatic heterocycles. The number of hydrogen-bond donors (Lipinski definition) is 0. The Kier molecular flexibility index (Phi) is 6.29. The maximum atomic E-state index is 13.3. The minimum absolute atomic E-state index is 0.0276. The van der Waals surface area contributed by atoms with E-state index in [-0.39, 0.29) is 11.7 Å². The summed E-state index contributed by atoms with van der Waals surface area (Å²) in [4.78, 5) is 4.67. The first-order chi connectivity index (χ1) is 15.0. The highest BCUT2D eigenvalue weighted by atomic mass is 19.4. The highest BCUT2D eigenvalue weighted by Crippen LogP contribution is 2.35. The van der Waals surface area contributed by atoms with Crippen LogP contribution in [-0.4, -0.2) is 30.0 Å². The Morgan fingerprint density at radius 2 is 1.81 bits per heavy atom. The molecular weight excluding hydrogens is 442 g/mol. The number of nitriles is 1.